The number of carbonyl (C=O) groups excluding carboxylic acids is 1. The number of alkyl carbamates (subject to hydrolysis) is 1. The zero-order chi connectivity index (χ0) is 8.85. The monoisotopic (exact) mass is 179 g/mol. The number of nitrogens with one attached hydrogen (secondary N) is 1. The van der Waals surface area contributed by atoms with Crippen molar-refractivity contribution in [3.05, 3.63) is 0 Å². The largest absolute Gasteiger partial charge is 0.480 e. The van der Waals surface area contributed by atoms with Gasteiger partial charge in [0, 0.05) is 0 Å². The van der Waals surface area contributed by atoms with Gasteiger partial charge in [-0.1, -0.05) is 7.43 Å². The van der Waals surface area contributed by atoms with Crippen LogP contribution in [0.5, 0.6) is 0 Å². The molecule has 0 fully saturated rings. The van der Waals surface area contributed by atoms with Crippen molar-refractivity contribution in [1.29, 1.82) is 0 Å². The normalized spacial score (nSPS) is 10.8. The highest BCUT2D eigenvalue weighted by atomic mass is 16.5. The average Bonchev–Trinajstić information content (AvgIpc) is 1.99. The molecule has 0 spiro atoms. The topological polar surface area (TPSA) is 95.9 Å². The van der Waals surface area contributed by atoms with Gasteiger partial charge >= 0.3 is 12.1 Å². The van der Waals surface area contributed by atoms with Crippen molar-refractivity contribution in [1.82, 2.24) is 5.32 Å². The number of rotatable bonds is 3. The fourth-order valence-electron chi connectivity index (χ4n) is 0.387. The van der Waals surface area contributed by atoms with Crippen LogP contribution in [0.15, 0.2) is 0 Å². The number of aliphatic hydroxyl groups is 1. The number of aliphatic carboxylic acids is 1. The minimum atomic E-state index is -1.31. The molecule has 1 amide bonds. The summed E-state index contributed by atoms with van der Waals surface area (Å²) in [7, 11) is 1.10. The molecule has 72 valence electrons. The van der Waals surface area contributed by atoms with Crippen LogP contribution in [0.2, 0.25) is 0 Å². The van der Waals surface area contributed by atoms with Crippen LogP contribution < -0.4 is 5.32 Å². The fourth-order valence-corrected chi connectivity index (χ4v) is 0.387. The summed E-state index contributed by atoms with van der Waals surface area (Å²) in [5.74, 6) is -1.31. The maximum atomic E-state index is 10.4. The predicted octanol–water partition coefficient (Wildman–Crippen LogP) is -0.576. The molecule has 0 aliphatic carbocycles. The quantitative estimate of drug-likeness (QED) is 0.539. The van der Waals surface area contributed by atoms with Crippen LogP contribution in [0.25, 0.3) is 0 Å². The highest BCUT2D eigenvalue weighted by Gasteiger charge is 2.18. The molecule has 3 N–H and O–H groups in total. The molecule has 0 rings (SSSR count). The van der Waals surface area contributed by atoms with Gasteiger partial charge in [0.2, 0.25) is 0 Å². The molecule has 0 radical (unpaired) electrons. The third-order valence-electron chi connectivity index (χ3n) is 0.958. The van der Waals surface area contributed by atoms with Crippen LogP contribution in [0.1, 0.15) is 7.43 Å². The predicted molar refractivity (Wildman–Crippen MR) is 40.8 cm³/mol. The lowest BCUT2D eigenvalue weighted by molar-refractivity contribution is -0.140. The lowest BCUT2D eigenvalue weighted by Gasteiger charge is -2.09. The Balaban J connectivity index is 0. The van der Waals surface area contributed by atoms with Gasteiger partial charge in [-0.3, -0.25) is 0 Å². The van der Waals surface area contributed by atoms with Gasteiger partial charge in [0.25, 0.3) is 0 Å². The van der Waals surface area contributed by atoms with E-state index in [1.807, 2.05) is 5.32 Å². The highest BCUT2D eigenvalue weighted by Crippen LogP contribution is 1.83. The number of amides is 1. The van der Waals surface area contributed by atoms with Crippen LogP contribution in [0.4, 0.5) is 4.79 Å². The molecule has 0 aromatic heterocycles. The number of carbonyl (C=O) groups is 2. The fraction of sp³-hybridized carbons (Fsp3) is 0.667. The first-order valence-corrected chi connectivity index (χ1v) is 2.80. The summed E-state index contributed by atoms with van der Waals surface area (Å²) < 4.78 is 4.11. The maximum absolute atomic E-state index is 10.4. The number of hydrogen-bond donors (Lipinski definition) is 3. The standard InChI is InChI=1S/C5H9NO5.CH4/c1-11-5(10)6-3(2-7)4(8)9;/h3,7H,2H2,1H3,(H,6,10)(H,8,9);1H4/t3-;/m1./s1. The Morgan fingerprint density at radius 3 is 2.33 bits per heavy atom. The molecular weight excluding hydrogens is 166 g/mol. The van der Waals surface area contributed by atoms with Gasteiger partial charge in [0.1, 0.15) is 0 Å². The molecule has 1 atom stereocenters. The zero-order valence-electron chi connectivity index (χ0n) is 5.90. The zero-order valence-corrected chi connectivity index (χ0v) is 5.90. The molecule has 0 unspecified atom stereocenters. The molecule has 0 saturated carbocycles. The Morgan fingerprint density at radius 1 is 1.58 bits per heavy atom. The second-order valence-corrected chi connectivity index (χ2v) is 1.71. The Hall–Kier alpha value is -1.30. The van der Waals surface area contributed by atoms with Crippen LogP contribution >= 0.6 is 0 Å². The number of carboxylic acid groups (broad SMARTS) is 1. The van der Waals surface area contributed by atoms with E-state index in [1.54, 1.807) is 0 Å². The van der Waals surface area contributed by atoms with Crippen LogP contribution in [-0.4, -0.2) is 42.0 Å². The van der Waals surface area contributed by atoms with Gasteiger partial charge in [-0.15, -0.1) is 0 Å². The van der Waals surface area contributed by atoms with Gasteiger partial charge in [-0.25, -0.2) is 9.59 Å². The van der Waals surface area contributed by atoms with E-state index in [9.17, 15) is 9.59 Å². The van der Waals surface area contributed by atoms with E-state index in [4.69, 9.17) is 10.2 Å². The summed E-state index contributed by atoms with van der Waals surface area (Å²) in [4.78, 5) is 20.5. The molecule has 0 bridgehead atoms. The first kappa shape index (κ1) is 13.3. The third kappa shape index (κ3) is 4.51. The third-order valence-corrected chi connectivity index (χ3v) is 0.958. The number of carboxylic acids is 1. The summed E-state index contributed by atoms with van der Waals surface area (Å²) in [6.07, 6.45) is -0.883. The first-order valence-electron chi connectivity index (χ1n) is 2.80. The number of aliphatic hydroxyl groups excluding tert-OH is 1. The maximum Gasteiger partial charge on any atom is 0.407 e. The minimum Gasteiger partial charge on any atom is -0.480 e. The van der Waals surface area contributed by atoms with E-state index in [0.717, 1.165) is 7.11 Å². The van der Waals surface area contributed by atoms with Crippen LogP contribution in [0.3, 0.4) is 0 Å². The summed E-state index contributed by atoms with van der Waals surface area (Å²) in [5, 5.41) is 18.6. The van der Waals surface area contributed by atoms with Crippen molar-refractivity contribution in [2.24, 2.45) is 0 Å². The van der Waals surface area contributed by atoms with E-state index in [1.165, 1.54) is 0 Å². The molecule has 0 aliphatic heterocycles. The van der Waals surface area contributed by atoms with E-state index < -0.39 is 24.7 Å². The van der Waals surface area contributed by atoms with Crippen molar-refractivity contribution >= 4 is 12.1 Å². The molecule has 12 heavy (non-hydrogen) atoms. The van der Waals surface area contributed by atoms with Crippen molar-refractivity contribution in [2.45, 2.75) is 13.5 Å². The molecule has 0 aromatic carbocycles. The van der Waals surface area contributed by atoms with Gasteiger partial charge in [-0.05, 0) is 0 Å². The lowest BCUT2D eigenvalue weighted by Crippen LogP contribution is -2.43. The molecule has 6 nitrogen and oxygen atoms in total. The first-order chi connectivity index (χ1) is 5.11. The highest BCUT2D eigenvalue weighted by molar-refractivity contribution is 5.79. The van der Waals surface area contributed by atoms with Gasteiger partial charge in [0.15, 0.2) is 6.04 Å². The Kier molecular flexibility index (Phi) is 7.11. The summed E-state index contributed by atoms with van der Waals surface area (Å²) in [6.45, 7) is -0.662. The van der Waals surface area contributed by atoms with E-state index in [2.05, 4.69) is 4.74 Å². The number of methoxy groups -OCH3 is 1. The van der Waals surface area contributed by atoms with Gasteiger partial charge in [-0.2, -0.15) is 0 Å². The van der Waals surface area contributed by atoms with Gasteiger partial charge in [0.05, 0.1) is 13.7 Å². The second-order valence-electron chi connectivity index (χ2n) is 1.71. The second kappa shape index (κ2) is 6.41. The Bertz CT molecular complexity index is 158. The van der Waals surface area contributed by atoms with E-state index in [0.29, 0.717) is 0 Å². The number of ether oxygens (including phenoxy) is 1. The van der Waals surface area contributed by atoms with Gasteiger partial charge < -0.3 is 20.3 Å². The number of hydrogen-bond acceptors (Lipinski definition) is 4. The molecule has 0 saturated heterocycles. The summed E-state index contributed by atoms with van der Waals surface area (Å²) in [6, 6.07) is -1.30. The van der Waals surface area contributed by atoms with Crippen molar-refractivity contribution in [3.8, 4) is 0 Å². The molecule has 0 heterocycles. The SMILES string of the molecule is C.COC(=O)N[C@H](CO)C(=O)O. The Labute approximate surface area is 70.1 Å². The molecule has 6 heteroatoms. The van der Waals surface area contributed by atoms with Crippen molar-refractivity contribution in [3.63, 3.8) is 0 Å². The van der Waals surface area contributed by atoms with Crippen molar-refractivity contribution < 1.29 is 24.5 Å². The van der Waals surface area contributed by atoms with E-state index >= 15 is 0 Å². The molecular formula is C6H13NO5. The van der Waals surface area contributed by atoms with Crippen molar-refractivity contribution in [2.75, 3.05) is 13.7 Å². The smallest absolute Gasteiger partial charge is 0.407 e. The summed E-state index contributed by atoms with van der Waals surface area (Å²) in [5.41, 5.74) is 0. The molecule has 0 aromatic rings. The van der Waals surface area contributed by atoms with Crippen LogP contribution in [-0.2, 0) is 9.53 Å². The van der Waals surface area contributed by atoms with E-state index in [-0.39, 0.29) is 7.43 Å². The average molecular weight is 179 g/mol. The lowest BCUT2D eigenvalue weighted by atomic mass is 10.3. The summed E-state index contributed by atoms with van der Waals surface area (Å²) >= 11 is 0. The Morgan fingerprint density at radius 2 is 2.08 bits per heavy atom. The molecule has 0 aliphatic rings. The van der Waals surface area contributed by atoms with Crippen LogP contribution in [0, 0.1) is 0 Å². The minimum absolute atomic E-state index is 0.